The first-order chi connectivity index (χ1) is 11.7. The van der Waals surface area contributed by atoms with E-state index in [1.54, 1.807) is 44.6 Å². The van der Waals surface area contributed by atoms with Crippen molar-refractivity contribution in [2.45, 2.75) is 13.3 Å². The summed E-state index contributed by atoms with van der Waals surface area (Å²) in [6, 6.07) is 8.71. The molecular formula is C18H18N2O4. The molecule has 2 aromatic carbocycles. The predicted molar refractivity (Wildman–Crippen MR) is 90.2 cm³/mol. The van der Waals surface area contributed by atoms with Gasteiger partial charge in [0.25, 0.3) is 0 Å². The predicted octanol–water partition coefficient (Wildman–Crippen LogP) is 3.71. The third kappa shape index (κ3) is 2.78. The highest BCUT2D eigenvalue weighted by Crippen LogP contribution is 2.37. The summed E-state index contributed by atoms with van der Waals surface area (Å²) in [4.78, 5) is 8.48. The Kier molecular flexibility index (Phi) is 4.37. The fourth-order valence-corrected chi connectivity index (χ4v) is 2.55. The van der Waals surface area contributed by atoms with Crippen LogP contribution < -0.4 is 14.2 Å². The van der Waals surface area contributed by atoms with E-state index in [4.69, 9.17) is 14.2 Å². The average molecular weight is 326 g/mol. The summed E-state index contributed by atoms with van der Waals surface area (Å²) >= 11 is 0. The number of aromatic nitrogens is 2. The Labute approximate surface area is 139 Å². The molecule has 1 aromatic heterocycles. The lowest BCUT2D eigenvalue weighted by atomic mass is 10.1. The molecule has 0 spiro atoms. The fraction of sp³-hybridized carbons (Fsp3) is 0.222. The lowest BCUT2D eigenvalue weighted by Crippen LogP contribution is -1.97. The van der Waals surface area contributed by atoms with Gasteiger partial charge in [0, 0.05) is 11.6 Å². The van der Waals surface area contributed by atoms with Crippen LogP contribution in [0.4, 0.5) is 0 Å². The van der Waals surface area contributed by atoms with E-state index in [0.717, 1.165) is 5.56 Å². The zero-order valence-corrected chi connectivity index (χ0v) is 13.7. The Balaban J connectivity index is 2.12. The van der Waals surface area contributed by atoms with Crippen LogP contribution in [0.2, 0.25) is 0 Å². The van der Waals surface area contributed by atoms with Crippen LogP contribution in [-0.4, -0.2) is 29.3 Å². The molecule has 0 radical (unpaired) electrons. The lowest BCUT2D eigenvalue weighted by molar-refractivity contribution is 0.355. The third-order valence-corrected chi connectivity index (χ3v) is 3.77. The number of rotatable bonds is 5. The molecule has 3 rings (SSSR count). The van der Waals surface area contributed by atoms with Gasteiger partial charge in [0.05, 0.1) is 25.1 Å². The van der Waals surface area contributed by atoms with E-state index < -0.39 is 0 Å². The van der Waals surface area contributed by atoms with Gasteiger partial charge in [0.1, 0.15) is 17.8 Å². The van der Waals surface area contributed by atoms with Crippen molar-refractivity contribution in [2.75, 3.05) is 14.2 Å². The van der Waals surface area contributed by atoms with E-state index in [0.29, 0.717) is 40.5 Å². The van der Waals surface area contributed by atoms with Crippen molar-refractivity contribution in [3.63, 3.8) is 0 Å². The molecule has 0 aliphatic rings. The summed E-state index contributed by atoms with van der Waals surface area (Å²) in [6.45, 7) is 1.95. The number of fused-ring (bicyclic) bond motifs is 1. The Morgan fingerprint density at radius 1 is 1.00 bits per heavy atom. The maximum absolute atomic E-state index is 9.98. The monoisotopic (exact) mass is 326 g/mol. The molecule has 0 aliphatic heterocycles. The van der Waals surface area contributed by atoms with Gasteiger partial charge >= 0.3 is 0 Å². The van der Waals surface area contributed by atoms with Gasteiger partial charge in [-0.3, -0.25) is 0 Å². The first-order valence-corrected chi connectivity index (χ1v) is 7.53. The van der Waals surface area contributed by atoms with Crippen molar-refractivity contribution in [3.8, 4) is 28.9 Å². The van der Waals surface area contributed by atoms with Gasteiger partial charge in [-0.05, 0) is 24.6 Å². The van der Waals surface area contributed by atoms with Crippen LogP contribution in [0.1, 0.15) is 12.5 Å². The van der Waals surface area contributed by atoms with Gasteiger partial charge in [-0.2, -0.15) is 0 Å². The first kappa shape index (κ1) is 15.9. The Morgan fingerprint density at radius 3 is 2.46 bits per heavy atom. The van der Waals surface area contributed by atoms with Crippen molar-refractivity contribution in [2.24, 2.45) is 0 Å². The maximum atomic E-state index is 9.98. The number of nitrogens with zero attached hydrogens (tertiary/aromatic N) is 2. The summed E-state index contributed by atoms with van der Waals surface area (Å²) in [5.41, 5.74) is 1.40. The van der Waals surface area contributed by atoms with Crippen molar-refractivity contribution >= 4 is 10.9 Å². The standard InChI is InChI=1S/C18H18N2O4/c1-4-11-14(21)6-5-7-15(11)24-18-12-8-16(22-2)17(23-3)9-13(12)19-10-20-18/h5-10,21H,4H2,1-3H3. The van der Waals surface area contributed by atoms with Gasteiger partial charge in [-0.25, -0.2) is 9.97 Å². The molecule has 6 nitrogen and oxygen atoms in total. The summed E-state index contributed by atoms with van der Waals surface area (Å²) in [6.07, 6.45) is 2.07. The number of phenolic OH excluding ortho intramolecular Hbond substituents is 1. The second-order valence-corrected chi connectivity index (χ2v) is 5.11. The van der Waals surface area contributed by atoms with Crippen LogP contribution in [0.25, 0.3) is 10.9 Å². The molecule has 0 fully saturated rings. The number of hydrogen-bond acceptors (Lipinski definition) is 6. The largest absolute Gasteiger partial charge is 0.508 e. The van der Waals surface area contributed by atoms with Crippen molar-refractivity contribution in [1.29, 1.82) is 0 Å². The number of benzene rings is 2. The van der Waals surface area contributed by atoms with Gasteiger partial charge in [0.2, 0.25) is 5.88 Å². The molecule has 124 valence electrons. The SMILES string of the molecule is CCc1c(O)cccc1Oc1ncnc2cc(OC)c(OC)cc12. The summed E-state index contributed by atoms with van der Waals surface area (Å²) < 4.78 is 16.6. The smallest absolute Gasteiger partial charge is 0.230 e. The highest BCUT2D eigenvalue weighted by molar-refractivity contribution is 5.87. The number of ether oxygens (including phenoxy) is 3. The van der Waals surface area contributed by atoms with Crippen LogP contribution in [0.3, 0.4) is 0 Å². The molecular weight excluding hydrogens is 308 g/mol. The third-order valence-electron chi connectivity index (χ3n) is 3.77. The summed E-state index contributed by atoms with van der Waals surface area (Å²) in [7, 11) is 3.14. The molecule has 6 heteroatoms. The highest BCUT2D eigenvalue weighted by atomic mass is 16.5. The van der Waals surface area contributed by atoms with Crippen LogP contribution in [0.15, 0.2) is 36.7 Å². The summed E-state index contributed by atoms with van der Waals surface area (Å²) in [5, 5.41) is 10.7. The van der Waals surface area contributed by atoms with Gasteiger partial charge in [0.15, 0.2) is 11.5 Å². The minimum atomic E-state index is 0.201. The average Bonchev–Trinajstić information content (AvgIpc) is 2.61. The van der Waals surface area contributed by atoms with E-state index in [1.807, 2.05) is 6.92 Å². The van der Waals surface area contributed by atoms with Crippen molar-refractivity contribution in [1.82, 2.24) is 9.97 Å². The minimum absolute atomic E-state index is 0.201. The maximum Gasteiger partial charge on any atom is 0.230 e. The molecule has 0 atom stereocenters. The Morgan fingerprint density at radius 2 is 1.75 bits per heavy atom. The molecule has 3 aromatic rings. The van der Waals surface area contributed by atoms with E-state index in [-0.39, 0.29) is 5.75 Å². The van der Waals surface area contributed by atoms with E-state index in [1.165, 1.54) is 6.33 Å². The Hall–Kier alpha value is -3.02. The first-order valence-electron chi connectivity index (χ1n) is 7.53. The van der Waals surface area contributed by atoms with Crippen molar-refractivity contribution in [3.05, 3.63) is 42.2 Å². The Bertz CT molecular complexity index is 880. The molecule has 1 N–H and O–H groups in total. The number of hydrogen-bond donors (Lipinski definition) is 1. The zero-order chi connectivity index (χ0) is 17.1. The molecule has 24 heavy (non-hydrogen) atoms. The summed E-state index contributed by atoms with van der Waals surface area (Å²) in [5.74, 6) is 2.30. The van der Waals surface area contributed by atoms with Gasteiger partial charge in [-0.15, -0.1) is 0 Å². The second-order valence-electron chi connectivity index (χ2n) is 5.11. The van der Waals surface area contributed by atoms with E-state index in [2.05, 4.69) is 9.97 Å². The van der Waals surface area contributed by atoms with Crippen LogP contribution >= 0.6 is 0 Å². The zero-order valence-electron chi connectivity index (χ0n) is 13.7. The van der Waals surface area contributed by atoms with Crippen molar-refractivity contribution < 1.29 is 19.3 Å². The quantitative estimate of drug-likeness (QED) is 0.770. The van der Waals surface area contributed by atoms with Crippen LogP contribution in [0.5, 0.6) is 28.9 Å². The number of phenols is 1. The van der Waals surface area contributed by atoms with Gasteiger partial charge < -0.3 is 19.3 Å². The van der Waals surface area contributed by atoms with Crippen LogP contribution in [0, 0.1) is 0 Å². The van der Waals surface area contributed by atoms with E-state index in [9.17, 15) is 5.11 Å². The molecule has 0 saturated carbocycles. The fourth-order valence-electron chi connectivity index (χ4n) is 2.55. The number of methoxy groups -OCH3 is 2. The minimum Gasteiger partial charge on any atom is -0.508 e. The number of aromatic hydroxyl groups is 1. The molecule has 0 saturated heterocycles. The molecule has 0 bridgehead atoms. The normalized spacial score (nSPS) is 10.6. The highest BCUT2D eigenvalue weighted by Gasteiger charge is 2.14. The van der Waals surface area contributed by atoms with Gasteiger partial charge in [-0.1, -0.05) is 13.0 Å². The topological polar surface area (TPSA) is 73.7 Å². The molecule has 0 unspecified atom stereocenters. The molecule has 0 amide bonds. The lowest BCUT2D eigenvalue weighted by Gasteiger charge is -2.13. The van der Waals surface area contributed by atoms with Crippen LogP contribution in [-0.2, 0) is 6.42 Å². The second kappa shape index (κ2) is 6.62. The molecule has 0 aliphatic carbocycles. The molecule has 1 heterocycles. The van der Waals surface area contributed by atoms with E-state index >= 15 is 0 Å².